The van der Waals surface area contributed by atoms with E-state index in [9.17, 15) is 10.1 Å². The third-order valence-corrected chi connectivity index (χ3v) is 3.36. The summed E-state index contributed by atoms with van der Waals surface area (Å²) in [5.41, 5.74) is 0.609. The van der Waals surface area contributed by atoms with Gasteiger partial charge >= 0.3 is 5.69 Å². The average molecular weight is 337 g/mol. The van der Waals surface area contributed by atoms with E-state index in [0.717, 1.165) is 5.69 Å². The number of nitrogens with zero attached hydrogens (tertiary/aromatic N) is 4. The van der Waals surface area contributed by atoms with Crippen LogP contribution in [0.3, 0.4) is 0 Å². The van der Waals surface area contributed by atoms with Gasteiger partial charge in [0.15, 0.2) is 0 Å². The Morgan fingerprint density at radius 2 is 2.04 bits per heavy atom. The van der Waals surface area contributed by atoms with Crippen molar-refractivity contribution >= 4 is 34.7 Å². The first-order valence-electron chi connectivity index (χ1n) is 6.91. The number of nitro groups is 1. The fourth-order valence-electron chi connectivity index (χ4n) is 1.88. The second-order valence-electron chi connectivity index (χ2n) is 4.82. The van der Waals surface area contributed by atoms with Crippen molar-refractivity contribution in [2.75, 3.05) is 37.4 Å². The molecule has 1 aromatic heterocycles. The summed E-state index contributed by atoms with van der Waals surface area (Å²) in [5.74, 6) is 0.543. The van der Waals surface area contributed by atoms with Gasteiger partial charge in [-0.15, -0.1) is 0 Å². The summed E-state index contributed by atoms with van der Waals surface area (Å²) in [6.45, 7) is 1.26. The van der Waals surface area contributed by atoms with Gasteiger partial charge < -0.3 is 15.5 Å². The lowest BCUT2D eigenvalue weighted by Crippen LogP contribution is -2.28. The van der Waals surface area contributed by atoms with Gasteiger partial charge in [0.2, 0.25) is 11.8 Å². The first-order valence-corrected chi connectivity index (χ1v) is 7.29. The normalized spacial score (nSPS) is 10.4. The van der Waals surface area contributed by atoms with Gasteiger partial charge in [-0.2, -0.15) is 4.98 Å². The van der Waals surface area contributed by atoms with Gasteiger partial charge in [-0.05, 0) is 31.3 Å². The Hall–Kier alpha value is -2.45. The number of anilines is 3. The highest BCUT2D eigenvalue weighted by atomic mass is 35.5. The Kier molecular flexibility index (Phi) is 5.67. The van der Waals surface area contributed by atoms with Crippen molar-refractivity contribution in [3.05, 3.63) is 45.6 Å². The molecule has 23 heavy (non-hydrogen) atoms. The van der Waals surface area contributed by atoms with Crippen LogP contribution < -0.4 is 15.5 Å². The van der Waals surface area contributed by atoms with Gasteiger partial charge in [-0.25, -0.2) is 4.98 Å². The lowest BCUT2D eigenvalue weighted by Gasteiger charge is -2.18. The lowest BCUT2D eigenvalue weighted by molar-refractivity contribution is -0.384. The van der Waals surface area contributed by atoms with Crippen molar-refractivity contribution in [3.8, 4) is 0 Å². The van der Waals surface area contributed by atoms with Crippen LogP contribution >= 0.6 is 11.6 Å². The van der Waals surface area contributed by atoms with Crippen molar-refractivity contribution in [2.24, 2.45) is 0 Å². The number of rotatable bonds is 7. The topological polar surface area (TPSA) is 96.2 Å². The highest BCUT2D eigenvalue weighted by Gasteiger charge is 2.20. The summed E-state index contributed by atoms with van der Waals surface area (Å²) >= 11 is 5.84. The summed E-state index contributed by atoms with van der Waals surface area (Å²) < 4.78 is 0. The van der Waals surface area contributed by atoms with Crippen molar-refractivity contribution in [3.63, 3.8) is 0 Å². The second kappa shape index (κ2) is 7.70. The third-order valence-electron chi connectivity index (χ3n) is 3.11. The summed E-state index contributed by atoms with van der Waals surface area (Å²) in [4.78, 5) is 20.6. The maximum atomic E-state index is 11.2. The van der Waals surface area contributed by atoms with E-state index in [1.807, 2.05) is 7.05 Å². The molecular formula is C14H17ClN6O2. The molecule has 1 heterocycles. The highest BCUT2D eigenvalue weighted by Crippen LogP contribution is 2.26. The minimum absolute atomic E-state index is 0.134. The number of benzene rings is 1. The first kappa shape index (κ1) is 16.9. The Labute approximate surface area is 138 Å². The van der Waals surface area contributed by atoms with E-state index in [0.29, 0.717) is 18.1 Å². The zero-order chi connectivity index (χ0) is 16.8. The summed E-state index contributed by atoms with van der Waals surface area (Å²) in [6.07, 6.45) is 1.20. The van der Waals surface area contributed by atoms with Gasteiger partial charge in [0.25, 0.3) is 0 Å². The van der Waals surface area contributed by atoms with E-state index >= 15 is 0 Å². The monoisotopic (exact) mass is 336 g/mol. The molecule has 0 spiro atoms. The standard InChI is InChI=1S/C14H17ClN6O2/c1-16-7-8-20(2)13-12(21(22)23)9-17-14(19-13)18-11-5-3-10(15)4-6-11/h3-6,9,16H,7-8H2,1-2H3,(H,17,18,19). The molecule has 2 aromatic rings. The van der Waals surface area contributed by atoms with E-state index in [2.05, 4.69) is 20.6 Å². The molecule has 0 fully saturated rings. The van der Waals surface area contributed by atoms with Crippen LogP contribution in [0.25, 0.3) is 0 Å². The maximum absolute atomic E-state index is 11.2. The van der Waals surface area contributed by atoms with Gasteiger partial charge in [0.1, 0.15) is 6.20 Å². The SMILES string of the molecule is CNCCN(C)c1nc(Nc2ccc(Cl)cc2)ncc1[N+](=O)[O-]. The van der Waals surface area contributed by atoms with Crippen LogP contribution in [0.2, 0.25) is 5.02 Å². The van der Waals surface area contributed by atoms with E-state index in [4.69, 9.17) is 11.6 Å². The predicted molar refractivity (Wildman–Crippen MR) is 90.6 cm³/mol. The molecule has 0 saturated heterocycles. The molecule has 2 rings (SSSR count). The number of likely N-dealkylation sites (N-methyl/N-ethyl adjacent to an activating group) is 2. The number of nitrogens with one attached hydrogen (secondary N) is 2. The van der Waals surface area contributed by atoms with E-state index in [-0.39, 0.29) is 17.5 Å². The molecule has 0 aliphatic rings. The molecule has 0 saturated carbocycles. The molecule has 0 unspecified atom stereocenters. The van der Waals surface area contributed by atoms with Crippen LogP contribution in [0.5, 0.6) is 0 Å². The van der Waals surface area contributed by atoms with E-state index in [1.54, 1.807) is 36.2 Å². The van der Waals surface area contributed by atoms with Crippen molar-refractivity contribution in [1.82, 2.24) is 15.3 Å². The van der Waals surface area contributed by atoms with E-state index in [1.165, 1.54) is 6.20 Å². The molecule has 1 aromatic carbocycles. The Bertz CT molecular complexity index is 679. The lowest BCUT2D eigenvalue weighted by atomic mass is 10.3. The van der Waals surface area contributed by atoms with Crippen LogP contribution in [-0.4, -0.2) is 42.1 Å². The van der Waals surface area contributed by atoms with Gasteiger partial charge in [-0.1, -0.05) is 11.6 Å². The summed E-state index contributed by atoms with van der Waals surface area (Å²) in [7, 11) is 3.56. The molecule has 0 aliphatic carbocycles. The quantitative estimate of drug-likeness (QED) is 0.592. The molecular weight excluding hydrogens is 320 g/mol. The summed E-state index contributed by atoms with van der Waals surface area (Å²) in [6, 6.07) is 7.01. The predicted octanol–water partition coefficient (Wildman–Crippen LogP) is 2.44. The Morgan fingerprint density at radius 1 is 1.35 bits per heavy atom. The summed E-state index contributed by atoms with van der Waals surface area (Å²) in [5, 5.41) is 17.8. The average Bonchev–Trinajstić information content (AvgIpc) is 2.54. The number of halogens is 1. The zero-order valence-corrected chi connectivity index (χ0v) is 13.5. The second-order valence-corrected chi connectivity index (χ2v) is 5.25. The van der Waals surface area contributed by atoms with Crippen LogP contribution in [0.1, 0.15) is 0 Å². The number of hydrogen-bond donors (Lipinski definition) is 2. The smallest absolute Gasteiger partial charge is 0.329 e. The van der Waals surface area contributed by atoms with Crippen LogP contribution in [0.4, 0.5) is 23.1 Å². The van der Waals surface area contributed by atoms with Crippen LogP contribution in [0.15, 0.2) is 30.5 Å². The van der Waals surface area contributed by atoms with Crippen molar-refractivity contribution in [1.29, 1.82) is 0 Å². The maximum Gasteiger partial charge on any atom is 0.329 e. The molecule has 2 N–H and O–H groups in total. The molecule has 0 atom stereocenters. The minimum atomic E-state index is -0.489. The largest absolute Gasteiger partial charge is 0.353 e. The fraction of sp³-hybridized carbons (Fsp3) is 0.286. The number of hydrogen-bond acceptors (Lipinski definition) is 7. The molecule has 0 radical (unpaired) electrons. The van der Waals surface area contributed by atoms with Crippen molar-refractivity contribution in [2.45, 2.75) is 0 Å². The van der Waals surface area contributed by atoms with E-state index < -0.39 is 4.92 Å². The van der Waals surface area contributed by atoms with Gasteiger partial charge in [-0.3, -0.25) is 10.1 Å². The molecule has 0 amide bonds. The minimum Gasteiger partial charge on any atom is -0.353 e. The van der Waals surface area contributed by atoms with Crippen molar-refractivity contribution < 1.29 is 4.92 Å². The first-order chi connectivity index (χ1) is 11.0. The Morgan fingerprint density at radius 3 is 2.65 bits per heavy atom. The van der Waals surface area contributed by atoms with Crippen LogP contribution in [0, 0.1) is 10.1 Å². The molecule has 8 nitrogen and oxygen atoms in total. The molecule has 0 aliphatic heterocycles. The zero-order valence-electron chi connectivity index (χ0n) is 12.8. The molecule has 0 bridgehead atoms. The fourth-order valence-corrected chi connectivity index (χ4v) is 2.01. The third kappa shape index (κ3) is 4.51. The Balaban J connectivity index is 2.27. The van der Waals surface area contributed by atoms with Gasteiger partial charge in [0, 0.05) is 30.8 Å². The molecule has 9 heteroatoms. The van der Waals surface area contributed by atoms with Crippen LogP contribution in [-0.2, 0) is 0 Å². The van der Waals surface area contributed by atoms with Gasteiger partial charge in [0.05, 0.1) is 4.92 Å². The number of aromatic nitrogens is 2. The highest BCUT2D eigenvalue weighted by molar-refractivity contribution is 6.30. The molecule has 122 valence electrons.